The van der Waals surface area contributed by atoms with Crippen molar-refractivity contribution in [2.24, 2.45) is 0 Å². The molecular formula is C23H25BrFN7O. The minimum Gasteiger partial charge on any atom is -0.340 e. The minimum absolute atomic E-state index is 0.253. The van der Waals surface area contributed by atoms with Crippen LogP contribution in [-0.4, -0.2) is 76.6 Å². The van der Waals surface area contributed by atoms with Crippen LogP contribution in [0.15, 0.2) is 59.5 Å². The zero-order chi connectivity index (χ0) is 23.0. The maximum absolute atomic E-state index is 12.4. The SMILES string of the molecule is O=C(/C=C/CN1CCN(CC[18F])CC1)Nc1cc2c(Nc3cccc(Br)c3)ncnc2cn1. The van der Waals surface area contributed by atoms with E-state index in [0.717, 1.165) is 41.7 Å². The van der Waals surface area contributed by atoms with Crippen LogP contribution in [0.1, 0.15) is 0 Å². The van der Waals surface area contributed by atoms with Crippen molar-refractivity contribution in [2.45, 2.75) is 0 Å². The van der Waals surface area contributed by atoms with E-state index >= 15 is 0 Å². The van der Waals surface area contributed by atoms with Gasteiger partial charge in [0.15, 0.2) is 0 Å². The average Bonchev–Trinajstić information content (AvgIpc) is 2.81. The van der Waals surface area contributed by atoms with Gasteiger partial charge in [0, 0.05) is 60.9 Å². The summed E-state index contributed by atoms with van der Waals surface area (Å²) < 4.78 is 13.4. The molecule has 2 N–H and O–H groups in total. The Morgan fingerprint density at radius 1 is 1.12 bits per heavy atom. The van der Waals surface area contributed by atoms with E-state index in [-0.39, 0.29) is 12.6 Å². The highest BCUT2D eigenvalue weighted by atomic mass is 79.9. The summed E-state index contributed by atoms with van der Waals surface area (Å²) in [7, 11) is 0. The third kappa shape index (κ3) is 6.53. The van der Waals surface area contributed by atoms with Gasteiger partial charge in [0.25, 0.3) is 0 Å². The third-order valence-electron chi connectivity index (χ3n) is 5.36. The molecule has 1 amide bonds. The Morgan fingerprint density at radius 2 is 1.94 bits per heavy atom. The Hall–Kier alpha value is -2.95. The van der Waals surface area contributed by atoms with E-state index in [4.69, 9.17) is 0 Å². The predicted octanol–water partition coefficient (Wildman–Crippen LogP) is 3.61. The number of hydrogen-bond donors (Lipinski definition) is 2. The molecule has 4 rings (SSSR count). The quantitative estimate of drug-likeness (QED) is 0.445. The summed E-state index contributed by atoms with van der Waals surface area (Å²) in [4.78, 5) is 29.6. The summed E-state index contributed by atoms with van der Waals surface area (Å²) in [5.41, 5.74) is 1.54. The Kier molecular flexibility index (Phi) is 7.92. The summed E-state index contributed by atoms with van der Waals surface area (Å²) in [6.45, 7) is 4.30. The molecule has 1 fully saturated rings. The smallest absolute Gasteiger partial charge is 0.249 e. The molecule has 0 bridgehead atoms. The van der Waals surface area contributed by atoms with Gasteiger partial charge in [0.2, 0.25) is 5.91 Å². The molecule has 1 aromatic carbocycles. The summed E-state index contributed by atoms with van der Waals surface area (Å²) in [5, 5.41) is 6.83. The number of carbonyl (C=O) groups excluding carboxylic acids is 1. The Labute approximate surface area is 200 Å². The lowest BCUT2D eigenvalue weighted by Crippen LogP contribution is -2.46. The second-order valence-corrected chi connectivity index (χ2v) is 8.58. The van der Waals surface area contributed by atoms with Crippen molar-refractivity contribution in [3.05, 3.63) is 59.5 Å². The van der Waals surface area contributed by atoms with Crippen molar-refractivity contribution in [3.8, 4) is 0 Å². The van der Waals surface area contributed by atoms with Gasteiger partial charge in [-0.1, -0.05) is 28.1 Å². The molecule has 0 atom stereocenters. The zero-order valence-electron chi connectivity index (χ0n) is 18.0. The molecule has 0 spiro atoms. The fourth-order valence-electron chi connectivity index (χ4n) is 3.62. The molecule has 2 aromatic heterocycles. The highest BCUT2D eigenvalue weighted by molar-refractivity contribution is 9.10. The summed E-state index contributed by atoms with van der Waals surface area (Å²) >= 11 is 3.46. The summed E-state index contributed by atoms with van der Waals surface area (Å²) in [5.74, 6) is 0.791. The van der Waals surface area contributed by atoms with Gasteiger partial charge in [0.05, 0.1) is 11.7 Å². The first kappa shape index (κ1) is 23.2. The van der Waals surface area contributed by atoms with E-state index in [1.165, 1.54) is 12.4 Å². The number of alkyl halides is 1. The number of nitrogens with zero attached hydrogens (tertiary/aromatic N) is 5. The molecule has 0 saturated carbocycles. The van der Waals surface area contributed by atoms with Gasteiger partial charge in [0.1, 0.15) is 24.6 Å². The number of pyridine rings is 1. The maximum Gasteiger partial charge on any atom is 0.249 e. The number of halogens is 2. The van der Waals surface area contributed by atoms with Crippen molar-refractivity contribution in [2.75, 3.05) is 56.6 Å². The average molecular weight is 513 g/mol. The summed E-state index contributed by atoms with van der Waals surface area (Å²) in [6, 6.07) is 9.52. The zero-order valence-corrected chi connectivity index (χ0v) is 19.6. The van der Waals surface area contributed by atoms with Crippen molar-refractivity contribution in [1.29, 1.82) is 0 Å². The highest BCUT2D eigenvalue weighted by Gasteiger charge is 2.15. The van der Waals surface area contributed by atoms with Crippen LogP contribution in [0.2, 0.25) is 0 Å². The molecule has 8 nitrogen and oxygen atoms in total. The first-order valence-electron chi connectivity index (χ1n) is 10.7. The van der Waals surface area contributed by atoms with Crippen molar-refractivity contribution < 1.29 is 9.18 Å². The Balaban J connectivity index is 1.37. The lowest BCUT2D eigenvalue weighted by molar-refractivity contribution is -0.111. The number of rotatable bonds is 8. The van der Waals surface area contributed by atoms with Gasteiger partial charge in [-0.3, -0.25) is 14.6 Å². The van der Waals surface area contributed by atoms with Crippen LogP contribution in [0.3, 0.4) is 0 Å². The molecule has 0 unspecified atom stereocenters. The number of anilines is 3. The Bertz CT molecular complexity index is 1130. The number of carbonyl (C=O) groups is 1. The molecular weight excluding hydrogens is 488 g/mol. The number of hydrogen-bond acceptors (Lipinski definition) is 7. The lowest BCUT2D eigenvalue weighted by Gasteiger charge is -2.33. The van der Waals surface area contributed by atoms with Crippen LogP contribution < -0.4 is 10.6 Å². The van der Waals surface area contributed by atoms with Crippen LogP contribution in [0.4, 0.5) is 21.7 Å². The molecule has 10 heteroatoms. The van der Waals surface area contributed by atoms with Crippen molar-refractivity contribution >= 4 is 50.1 Å². The number of aromatic nitrogens is 3. The van der Waals surface area contributed by atoms with Crippen LogP contribution in [0, 0.1) is 0 Å². The molecule has 33 heavy (non-hydrogen) atoms. The van der Waals surface area contributed by atoms with Crippen LogP contribution in [0.25, 0.3) is 10.9 Å². The Morgan fingerprint density at radius 3 is 2.73 bits per heavy atom. The number of amides is 1. The third-order valence-corrected chi connectivity index (χ3v) is 5.85. The van der Waals surface area contributed by atoms with E-state index in [2.05, 4.69) is 51.3 Å². The van der Waals surface area contributed by atoms with Crippen LogP contribution >= 0.6 is 15.9 Å². The summed E-state index contributed by atoms with van der Waals surface area (Å²) in [6.07, 6.45) is 6.44. The first-order valence-corrected chi connectivity index (χ1v) is 11.5. The first-order chi connectivity index (χ1) is 16.1. The number of fused-ring (bicyclic) bond motifs is 1. The maximum atomic E-state index is 12.4. The van der Waals surface area contributed by atoms with E-state index in [9.17, 15) is 9.18 Å². The largest absolute Gasteiger partial charge is 0.340 e. The number of nitrogens with one attached hydrogen (secondary N) is 2. The topological polar surface area (TPSA) is 86.3 Å². The van der Waals surface area contributed by atoms with E-state index in [1.807, 2.05) is 30.3 Å². The molecule has 1 saturated heterocycles. The fourth-order valence-corrected chi connectivity index (χ4v) is 4.02. The monoisotopic (exact) mass is 512 g/mol. The number of piperazine rings is 1. The van der Waals surface area contributed by atoms with Gasteiger partial charge >= 0.3 is 0 Å². The molecule has 3 heterocycles. The lowest BCUT2D eigenvalue weighted by atomic mass is 10.2. The van der Waals surface area contributed by atoms with Crippen molar-refractivity contribution in [3.63, 3.8) is 0 Å². The predicted molar refractivity (Wildman–Crippen MR) is 131 cm³/mol. The van der Waals surface area contributed by atoms with Gasteiger partial charge < -0.3 is 10.6 Å². The fraction of sp³-hybridized carbons (Fsp3) is 0.304. The minimum atomic E-state index is -0.309. The standard InChI is InChI=1S/C23H25BrFN7O/c24-17-3-1-4-18(13-17)29-23-19-14-21(26-15-20(19)27-16-28-23)30-22(33)5-2-7-31-9-11-32(8-6-25)12-10-31/h1-5,13-16H,6-12H2,(H,26,30,33)(H,27,28,29)/b5-2+/i25-1. The molecule has 0 radical (unpaired) electrons. The van der Waals surface area contributed by atoms with Crippen LogP contribution in [-0.2, 0) is 4.79 Å². The van der Waals surface area contributed by atoms with E-state index in [1.54, 1.807) is 12.3 Å². The van der Waals surface area contributed by atoms with E-state index < -0.39 is 0 Å². The van der Waals surface area contributed by atoms with Gasteiger partial charge in [-0.25, -0.2) is 19.3 Å². The molecule has 3 aromatic rings. The number of benzene rings is 1. The van der Waals surface area contributed by atoms with E-state index in [0.29, 0.717) is 30.2 Å². The molecule has 0 aliphatic carbocycles. The molecule has 172 valence electrons. The van der Waals surface area contributed by atoms with Crippen LogP contribution in [0.5, 0.6) is 0 Å². The molecule has 1 aliphatic rings. The molecule has 1 aliphatic heterocycles. The normalized spacial score (nSPS) is 15.2. The van der Waals surface area contributed by atoms with Crippen molar-refractivity contribution in [1.82, 2.24) is 24.8 Å². The van der Waals surface area contributed by atoms with Gasteiger partial charge in [-0.15, -0.1) is 0 Å². The highest BCUT2D eigenvalue weighted by Crippen LogP contribution is 2.25. The second kappa shape index (κ2) is 11.3. The van der Waals surface area contributed by atoms with Gasteiger partial charge in [-0.2, -0.15) is 0 Å². The van der Waals surface area contributed by atoms with Gasteiger partial charge in [-0.05, 0) is 24.3 Å². The second-order valence-electron chi connectivity index (χ2n) is 7.67.